The lowest BCUT2D eigenvalue weighted by atomic mass is 10.1. The highest BCUT2D eigenvalue weighted by Crippen LogP contribution is 2.22. The molecule has 5 nitrogen and oxygen atoms in total. The van der Waals surface area contributed by atoms with E-state index in [2.05, 4.69) is 24.4 Å². The van der Waals surface area contributed by atoms with E-state index in [0.29, 0.717) is 12.1 Å². The van der Waals surface area contributed by atoms with E-state index in [1.807, 2.05) is 18.2 Å². The van der Waals surface area contributed by atoms with Crippen LogP contribution in [0.5, 0.6) is 0 Å². The summed E-state index contributed by atoms with van der Waals surface area (Å²) in [5.41, 5.74) is 3.19. The van der Waals surface area contributed by atoms with Gasteiger partial charge in [0.25, 0.3) is 0 Å². The van der Waals surface area contributed by atoms with Gasteiger partial charge in [-0.2, -0.15) is 16.1 Å². The van der Waals surface area contributed by atoms with Crippen LogP contribution in [-0.4, -0.2) is 44.2 Å². The second-order valence-electron chi connectivity index (χ2n) is 6.36. The first-order valence-corrected chi connectivity index (χ1v) is 11.7. The molecule has 0 unspecified atom stereocenters. The molecule has 0 saturated carbocycles. The standard InChI is InChI=1S/C20H26N2O3S2/c1-16-9-7-8-12-18(16)15-26-14-13-21-20(23)19(22(2)27(3,24)25)17-10-5-4-6-11-17/h4-12,19H,13-15H2,1-3H3,(H,21,23)/t19-/m0/s1. The van der Waals surface area contributed by atoms with E-state index >= 15 is 0 Å². The van der Waals surface area contributed by atoms with Crippen molar-refractivity contribution in [3.63, 3.8) is 0 Å². The molecule has 0 aliphatic rings. The van der Waals surface area contributed by atoms with Crippen molar-refractivity contribution in [3.05, 3.63) is 71.3 Å². The molecule has 0 aliphatic heterocycles. The predicted molar refractivity (Wildman–Crippen MR) is 112 cm³/mol. The number of amides is 1. The van der Waals surface area contributed by atoms with E-state index in [4.69, 9.17) is 0 Å². The Morgan fingerprint density at radius 1 is 1.11 bits per heavy atom. The number of carbonyl (C=O) groups excluding carboxylic acids is 1. The van der Waals surface area contributed by atoms with Crippen molar-refractivity contribution < 1.29 is 13.2 Å². The quantitative estimate of drug-likeness (QED) is 0.650. The van der Waals surface area contributed by atoms with Crippen LogP contribution >= 0.6 is 11.8 Å². The van der Waals surface area contributed by atoms with Gasteiger partial charge in [0.2, 0.25) is 15.9 Å². The first kappa shape index (κ1) is 21.5. The summed E-state index contributed by atoms with van der Waals surface area (Å²) >= 11 is 1.74. The van der Waals surface area contributed by atoms with Gasteiger partial charge in [-0.25, -0.2) is 8.42 Å². The molecule has 0 heterocycles. The van der Waals surface area contributed by atoms with Crippen LogP contribution in [0, 0.1) is 6.92 Å². The third-order valence-corrected chi connectivity index (χ3v) is 6.58. The van der Waals surface area contributed by atoms with Gasteiger partial charge in [0.05, 0.1) is 6.26 Å². The summed E-state index contributed by atoms with van der Waals surface area (Å²) in [4.78, 5) is 12.7. The molecular formula is C20H26N2O3S2. The first-order chi connectivity index (χ1) is 12.8. The zero-order valence-electron chi connectivity index (χ0n) is 15.9. The highest BCUT2D eigenvalue weighted by atomic mass is 32.2. The van der Waals surface area contributed by atoms with Crippen LogP contribution in [-0.2, 0) is 20.6 Å². The lowest BCUT2D eigenvalue weighted by Crippen LogP contribution is -2.41. The van der Waals surface area contributed by atoms with Crippen LogP contribution in [0.3, 0.4) is 0 Å². The fourth-order valence-corrected chi connectivity index (χ4v) is 4.19. The lowest BCUT2D eigenvalue weighted by molar-refractivity contribution is -0.124. The average Bonchev–Trinajstić information content (AvgIpc) is 2.63. The smallest absolute Gasteiger partial charge is 0.243 e. The molecule has 27 heavy (non-hydrogen) atoms. The van der Waals surface area contributed by atoms with E-state index < -0.39 is 16.1 Å². The molecule has 0 spiro atoms. The minimum Gasteiger partial charge on any atom is -0.354 e. The van der Waals surface area contributed by atoms with Crippen LogP contribution in [0.2, 0.25) is 0 Å². The highest BCUT2D eigenvalue weighted by Gasteiger charge is 2.30. The van der Waals surface area contributed by atoms with Gasteiger partial charge in [0.15, 0.2) is 0 Å². The number of likely N-dealkylation sites (N-methyl/N-ethyl adjacent to an activating group) is 1. The van der Waals surface area contributed by atoms with Crippen LogP contribution in [0.4, 0.5) is 0 Å². The van der Waals surface area contributed by atoms with Crippen molar-refractivity contribution in [2.75, 3.05) is 25.6 Å². The molecule has 7 heteroatoms. The molecule has 0 bridgehead atoms. The van der Waals surface area contributed by atoms with Gasteiger partial charge in [-0.1, -0.05) is 54.6 Å². The van der Waals surface area contributed by atoms with Gasteiger partial charge in [-0.3, -0.25) is 4.79 Å². The highest BCUT2D eigenvalue weighted by molar-refractivity contribution is 7.98. The number of hydrogen-bond acceptors (Lipinski definition) is 4. The number of aryl methyl sites for hydroxylation is 1. The monoisotopic (exact) mass is 406 g/mol. The number of sulfonamides is 1. The summed E-state index contributed by atoms with van der Waals surface area (Å²) in [5, 5.41) is 2.87. The molecule has 1 N–H and O–H groups in total. The molecule has 2 rings (SSSR count). The van der Waals surface area contributed by atoms with Gasteiger partial charge in [-0.15, -0.1) is 0 Å². The minimum atomic E-state index is -3.50. The average molecular weight is 407 g/mol. The Kier molecular flexibility index (Phi) is 7.89. The summed E-state index contributed by atoms with van der Waals surface area (Å²) in [6, 6.07) is 16.3. The topological polar surface area (TPSA) is 66.5 Å². The maximum atomic E-state index is 12.7. The molecule has 0 aliphatic carbocycles. The second-order valence-corrected chi connectivity index (χ2v) is 9.51. The Bertz CT molecular complexity index is 855. The van der Waals surface area contributed by atoms with Crippen molar-refractivity contribution in [3.8, 4) is 0 Å². The van der Waals surface area contributed by atoms with E-state index in [9.17, 15) is 13.2 Å². The van der Waals surface area contributed by atoms with E-state index in [-0.39, 0.29) is 5.91 Å². The predicted octanol–water partition coefficient (Wildman–Crippen LogP) is 2.98. The van der Waals surface area contributed by atoms with Gasteiger partial charge < -0.3 is 5.32 Å². The molecule has 1 amide bonds. The molecule has 0 radical (unpaired) electrons. The first-order valence-electron chi connectivity index (χ1n) is 8.68. The number of carbonyl (C=O) groups is 1. The number of nitrogens with one attached hydrogen (secondary N) is 1. The molecule has 146 valence electrons. The van der Waals surface area contributed by atoms with Crippen molar-refractivity contribution >= 4 is 27.7 Å². The number of benzene rings is 2. The van der Waals surface area contributed by atoms with Gasteiger partial charge in [-0.05, 0) is 23.6 Å². The number of hydrogen-bond donors (Lipinski definition) is 1. The van der Waals surface area contributed by atoms with Crippen LogP contribution in [0.1, 0.15) is 22.7 Å². The molecule has 0 fully saturated rings. The summed E-state index contributed by atoms with van der Waals surface area (Å²) in [5.74, 6) is 1.32. The lowest BCUT2D eigenvalue weighted by Gasteiger charge is -2.25. The van der Waals surface area contributed by atoms with E-state index in [1.54, 1.807) is 36.0 Å². The molecule has 0 saturated heterocycles. The Morgan fingerprint density at radius 3 is 2.37 bits per heavy atom. The minimum absolute atomic E-state index is 0.314. The van der Waals surface area contributed by atoms with Crippen molar-refractivity contribution in [1.29, 1.82) is 0 Å². The largest absolute Gasteiger partial charge is 0.354 e. The molecular weight excluding hydrogens is 380 g/mol. The number of nitrogens with zero attached hydrogens (tertiary/aromatic N) is 1. The SMILES string of the molecule is Cc1ccccc1CSCCNC(=O)[C@H](c1ccccc1)N(C)S(C)(=O)=O. The van der Waals surface area contributed by atoms with Gasteiger partial charge in [0, 0.05) is 25.1 Å². The normalized spacial score (nSPS) is 12.7. The van der Waals surface area contributed by atoms with Crippen molar-refractivity contribution in [2.24, 2.45) is 0 Å². The molecule has 0 aromatic heterocycles. The number of thioether (sulfide) groups is 1. The van der Waals surface area contributed by atoms with Crippen molar-refractivity contribution in [2.45, 2.75) is 18.7 Å². The molecule has 1 atom stereocenters. The zero-order chi connectivity index (χ0) is 19.9. The van der Waals surface area contributed by atoms with Crippen molar-refractivity contribution in [1.82, 2.24) is 9.62 Å². The Hall–Kier alpha value is -1.83. The van der Waals surface area contributed by atoms with Crippen LogP contribution in [0.25, 0.3) is 0 Å². The number of rotatable bonds is 9. The maximum absolute atomic E-state index is 12.7. The van der Waals surface area contributed by atoms with E-state index in [1.165, 1.54) is 18.2 Å². The maximum Gasteiger partial charge on any atom is 0.243 e. The fraction of sp³-hybridized carbons (Fsp3) is 0.350. The summed E-state index contributed by atoms with van der Waals surface area (Å²) in [6.07, 6.45) is 1.11. The van der Waals surface area contributed by atoms with Gasteiger partial charge in [0.1, 0.15) is 6.04 Å². The zero-order valence-corrected chi connectivity index (χ0v) is 17.5. The van der Waals surface area contributed by atoms with Gasteiger partial charge >= 0.3 is 0 Å². The summed E-state index contributed by atoms with van der Waals surface area (Å²) < 4.78 is 25.0. The summed E-state index contributed by atoms with van der Waals surface area (Å²) in [6.45, 7) is 2.57. The Balaban J connectivity index is 1.93. The fourth-order valence-electron chi connectivity index (χ4n) is 2.65. The third-order valence-electron chi connectivity index (χ3n) is 4.31. The Labute approximate surface area is 166 Å². The molecule has 2 aromatic rings. The Morgan fingerprint density at radius 2 is 1.74 bits per heavy atom. The van der Waals surface area contributed by atoms with Crippen LogP contribution in [0.15, 0.2) is 54.6 Å². The summed E-state index contributed by atoms with van der Waals surface area (Å²) in [7, 11) is -2.07. The van der Waals surface area contributed by atoms with E-state index in [0.717, 1.165) is 22.1 Å². The third kappa shape index (κ3) is 6.37. The second kappa shape index (κ2) is 9.92. The molecule has 2 aromatic carbocycles. The van der Waals surface area contributed by atoms with Crippen LogP contribution < -0.4 is 5.32 Å².